The summed E-state index contributed by atoms with van der Waals surface area (Å²) in [5.41, 5.74) is 9.09. The van der Waals surface area contributed by atoms with Crippen LogP contribution < -0.4 is 11.3 Å². The fourth-order valence-corrected chi connectivity index (χ4v) is 2.43. The normalized spacial score (nSPS) is 14.2. The second kappa shape index (κ2) is 4.29. The minimum atomic E-state index is -0.00266. The van der Waals surface area contributed by atoms with Crippen LogP contribution in [0.15, 0.2) is 29.1 Å². The molecule has 0 aliphatic heterocycles. The first-order valence-electron chi connectivity index (χ1n) is 6.22. The average molecular weight is 241 g/mol. The van der Waals surface area contributed by atoms with Crippen molar-refractivity contribution in [2.45, 2.75) is 25.7 Å². The molecule has 1 aliphatic rings. The van der Waals surface area contributed by atoms with Crippen molar-refractivity contribution in [3.8, 4) is 11.4 Å². The van der Waals surface area contributed by atoms with Gasteiger partial charge in [-0.15, -0.1) is 0 Å². The summed E-state index contributed by atoms with van der Waals surface area (Å²) in [6.45, 7) is 0. The maximum Gasteiger partial charge on any atom is 0.254 e. The smallest absolute Gasteiger partial charge is 0.254 e. The summed E-state index contributed by atoms with van der Waals surface area (Å²) < 4.78 is 0. The molecule has 0 saturated heterocycles. The van der Waals surface area contributed by atoms with E-state index in [9.17, 15) is 4.79 Å². The Balaban J connectivity index is 2.14. The summed E-state index contributed by atoms with van der Waals surface area (Å²) in [6, 6.07) is 7.42. The number of nitrogens with two attached hydrogens (primary N) is 1. The first kappa shape index (κ1) is 11.0. The fraction of sp³-hybridized carbons (Fsp3) is 0.286. The molecular formula is C14H15N3O. The van der Waals surface area contributed by atoms with Crippen molar-refractivity contribution < 1.29 is 0 Å². The van der Waals surface area contributed by atoms with E-state index in [-0.39, 0.29) is 5.56 Å². The number of hydrogen-bond acceptors (Lipinski definition) is 3. The lowest BCUT2D eigenvalue weighted by Gasteiger charge is -2.14. The summed E-state index contributed by atoms with van der Waals surface area (Å²) in [4.78, 5) is 19.4. The van der Waals surface area contributed by atoms with E-state index in [0.29, 0.717) is 11.5 Å². The molecule has 0 amide bonds. The van der Waals surface area contributed by atoms with Gasteiger partial charge in [-0.3, -0.25) is 4.79 Å². The molecule has 1 aromatic carbocycles. The molecule has 3 rings (SSSR count). The molecular weight excluding hydrogens is 226 g/mol. The van der Waals surface area contributed by atoms with E-state index in [2.05, 4.69) is 9.97 Å². The number of nitrogens with one attached hydrogen (secondary N) is 1. The molecule has 0 saturated carbocycles. The van der Waals surface area contributed by atoms with Crippen LogP contribution in [-0.4, -0.2) is 9.97 Å². The van der Waals surface area contributed by atoms with Gasteiger partial charge in [0.15, 0.2) is 0 Å². The van der Waals surface area contributed by atoms with Gasteiger partial charge in [-0.05, 0) is 37.8 Å². The van der Waals surface area contributed by atoms with Gasteiger partial charge in [0.05, 0.1) is 5.69 Å². The highest BCUT2D eigenvalue weighted by Gasteiger charge is 2.15. The Morgan fingerprint density at radius 1 is 1.22 bits per heavy atom. The first-order valence-corrected chi connectivity index (χ1v) is 6.22. The van der Waals surface area contributed by atoms with Crippen molar-refractivity contribution in [1.29, 1.82) is 0 Å². The van der Waals surface area contributed by atoms with Gasteiger partial charge in [-0.1, -0.05) is 12.1 Å². The molecule has 0 atom stereocenters. The third-order valence-electron chi connectivity index (χ3n) is 3.35. The van der Waals surface area contributed by atoms with Gasteiger partial charge < -0.3 is 10.7 Å². The summed E-state index contributed by atoms with van der Waals surface area (Å²) in [7, 11) is 0. The van der Waals surface area contributed by atoms with Gasteiger partial charge in [0.2, 0.25) is 0 Å². The van der Waals surface area contributed by atoms with E-state index in [1.165, 1.54) is 0 Å². The zero-order chi connectivity index (χ0) is 12.5. The Labute approximate surface area is 105 Å². The minimum Gasteiger partial charge on any atom is -0.399 e. The van der Waals surface area contributed by atoms with Crippen LogP contribution in [0.2, 0.25) is 0 Å². The molecule has 0 fully saturated rings. The molecule has 0 spiro atoms. The maximum atomic E-state index is 12.0. The van der Waals surface area contributed by atoms with Crippen LogP contribution in [0.4, 0.5) is 5.69 Å². The Hall–Kier alpha value is -2.10. The Kier molecular flexibility index (Phi) is 2.63. The number of benzene rings is 1. The lowest BCUT2D eigenvalue weighted by Crippen LogP contribution is -2.21. The number of rotatable bonds is 1. The molecule has 0 unspecified atom stereocenters. The van der Waals surface area contributed by atoms with Crippen LogP contribution >= 0.6 is 0 Å². The highest BCUT2D eigenvalue weighted by molar-refractivity contribution is 5.61. The van der Waals surface area contributed by atoms with Crippen molar-refractivity contribution in [2.24, 2.45) is 0 Å². The van der Waals surface area contributed by atoms with Crippen LogP contribution in [-0.2, 0) is 12.8 Å². The monoisotopic (exact) mass is 241 g/mol. The van der Waals surface area contributed by atoms with Crippen molar-refractivity contribution in [1.82, 2.24) is 9.97 Å². The number of nitrogens with zero attached hydrogens (tertiary/aromatic N) is 1. The predicted octanol–water partition coefficient (Wildman–Crippen LogP) is 1.90. The lowest BCUT2D eigenvalue weighted by atomic mass is 9.97. The molecule has 92 valence electrons. The molecule has 2 aromatic rings. The van der Waals surface area contributed by atoms with Gasteiger partial charge >= 0.3 is 0 Å². The van der Waals surface area contributed by atoms with E-state index in [0.717, 1.165) is 42.5 Å². The summed E-state index contributed by atoms with van der Waals surface area (Å²) in [5.74, 6) is 0.618. The molecule has 4 heteroatoms. The van der Waals surface area contributed by atoms with Crippen molar-refractivity contribution in [3.63, 3.8) is 0 Å². The summed E-state index contributed by atoms with van der Waals surface area (Å²) >= 11 is 0. The molecule has 1 heterocycles. The number of nitrogen functional groups attached to an aromatic ring is 1. The van der Waals surface area contributed by atoms with E-state index >= 15 is 0 Å². The van der Waals surface area contributed by atoms with E-state index in [4.69, 9.17) is 5.73 Å². The first-order chi connectivity index (χ1) is 8.74. The van der Waals surface area contributed by atoms with Crippen LogP contribution in [0.25, 0.3) is 11.4 Å². The predicted molar refractivity (Wildman–Crippen MR) is 71.3 cm³/mol. The van der Waals surface area contributed by atoms with Gasteiger partial charge in [0, 0.05) is 16.8 Å². The zero-order valence-electron chi connectivity index (χ0n) is 10.1. The average Bonchev–Trinajstić information content (AvgIpc) is 2.39. The van der Waals surface area contributed by atoms with Crippen LogP contribution in [0, 0.1) is 0 Å². The molecule has 0 radical (unpaired) electrons. The van der Waals surface area contributed by atoms with Crippen LogP contribution in [0.3, 0.4) is 0 Å². The zero-order valence-corrected chi connectivity index (χ0v) is 10.1. The molecule has 0 bridgehead atoms. The van der Waals surface area contributed by atoms with E-state index in [1.807, 2.05) is 24.3 Å². The quantitative estimate of drug-likeness (QED) is 0.749. The van der Waals surface area contributed by atoms with Crippen molar-refractivity contribution in [3.05, 3.63) is 45.9 Å². The number of fused-ring (bicyclic) bond motifs is 1. The Morgan fingerprint density at radius 2 is 2.06 bits per heavy atom. The van der Waals surface area contributed by atoms with Gasteiger partial charge in [-0.2, -0.15) is 0 Å². The SMILES string of the molecule is Nc1cccc(-c2nc3c(c(=O)[nH]2)CCCC3)c1. The lowest BCUT2D eigenvalue weighted by molar-refractivity contribution is 0.657. The van der Waals surface area contributed by atoms with Crippen molar-refractivity contribution >= 4 is 5.69 Å². The van der Waals surface area contributed by atoms with E-state index < -0.39 is 0 Å². The number of H-pyrrole nitrogens is 1. The Bertz CT molecular complexity index is 646. The van der Waals surface area contributed by atoms with Crippen molar-refractivity contribution in [2.75, 3.05) is 5.73 Å². The summed E-state index contributed by atoms with van der Waals surface area (Å²) in [5, 5.41) is 0. The standard InChI is InChI=1S/C14H15N3O/c15-10-5-3-4-9(8-10)13-16-12-7-2-1-6-11(12)14(18)17-13/h3-5,8H,1-2,6-7,15H2,(H,16,17,18). The number of aromatic amines is 1. The highest BCUT2D eigenvalue weighted by Crippen LogP contribution is 2.21. The third kappa shape index (κ3) is 1.90. The molecule has 3 N–H and O–H groups in total. The molecule has 4 nitrogen and oxygen atoms in total. The summed E-state index contributed by atoms with van der Waals surface area (Å²) in [6.07, 6.45) is 3.93. The Morgan fingerprint density at radius 3 is 2.89 bits per heavy atom. The number of hydrogen-bond donors (Lipinski definition) is 2. The largest absolute Gasteiger partial charge is 0.399 e. The third-order valence-corrected chi connectivity index (χ3v) is 3.35. The number of aromatic nitrogens is 2. The maximum absolute atomic E-state index is 12.0. The topological polar surface area (TPSA) is 71.8 Å². The molecule has 1 aliphatic carbocycles. The van der Waals surface area contributed by atoms with Gasteiger partial charge in [-0.25, -0.2) is 4.98 Å². The molecule has 1 aromatic heterocycles. The number of anilines is 1. The van der Waals surface area contributed by atoms with Gasteiger partial charge in [0.25, 0.3) is 5.56 Å². The fourth-order valence-electron chi connectivity index (χ4n) is 2.43. The number of aryl methyl sites for hydroxylation is 1. The highest BCUT2D eigenvalue weighted by atomic mass is 16.1. The molecule has 18 heavy (non-hydrogen) atoms. The van der Waals surface area contributed by atoms with Gasteiger partial charge in [0.1, 0.15) is 5.82 Å². The van der Waals surface area contributed by atoms with Crippen LogP contribution in [0.5, 0.6) is 0 Å². The van der Waals surface area contributed by atoms with E-state index in [1.54, 1.807) is 0 Å². The second-order valence-corrected chi connectivity index (χ2v) is 4.67. The van der Waals surface area contributed by atoms with Crippen LogP contribution in [0.1, 0.15) is 24.1 Å². The minimum absolute atomic E-state index is 0.00266. The second-order valence-electron chi connectivity index (χ2n) is 4.67.